The van der Waals surface area contributed by atoms with Gasteiger partial charge in [0.15, 0.2) is 0 Å². The van der Waals surface area contributed by atoms with Crippen molar-refractivity contribution < 1.29 is 0 Å². The van der Waals surface area contributed by atoms with E-state index in [-0.39, 0.29) is 0 Å². The van der Waals surface area contributed by atoms with Gasteiger partial charge in [-0.05, 0) is 58.4 Å². The number of benzene rings is 2. The van der Waals surface area contributed by atoms with Crippen molar-refractivity contribution in [3.8, 4) is 6.07 Å². The smallest absolute Gasteiger partial charge is 0.0992 e. The molecule has 2 rings (SSSR count). The van der Waals surface area contributed by atoms with Crippen LogP contribution < -0.4 is 5.32 Å². The maximum absolute atomic E-state index is 8.78. The Morgan fingerprint density at radius 3 is 2.29 bits per heavy atom. The van der Waals surface area contributed by atoms with Gasteiger partial charge in [0.05, 0.1) is 17.3 Å². The van der Waals surface area contributed by atoms with E-state index in [1.165, 1.54) is 0 Å². The number of hydrogen-bond donors (Lipinski definition) is 1. The second kappa shape index (κ2) is 5.35. The Balaban J connectivity index is 2.25. The van der Waals surface area contributed by atoms with E-state index >= 15 is 0 Å². The Bertz CT molecular complexity index is 571. The number of halogens is 2. The molecule has 0 saturated heterocycles. The SMILES string of the molecule is N#Cc1ccc(Nc2ccc(Br)cc2)c(Br)c1. The van der Waals surface area contributed by atoms with Crippen LogP contribution in [0.4, 0.5) is 11.4 Å². The molecule has 2 aromatic carbocycles. The molecule has 0 aliphatic rings. The van der Waals surface area contributed by atoms with Crippen LogP contribution in [-0.2, 0) is 0 Å². The van der Waals surface area contributed by atoms with E-state index in [0.717, 1.165) is 20.3 Å². The van der Waals surface area contributed by atoms with E-state index in [9.17, 15) is 0 Å². The number of rotatable bonds is 2. The lowest BCUT2D eigenvalue weighted by Gasteiger charge is -2.08. The molecule has 17 heavy (non-hydrogen) atoms. The van der Waals surface area contributed by atoms with Crippen molar-refractivity contribution in [2.75, 3.05) is 5.32 Å². The average Bonchev–Trinajstić information content (AvgIpc) is 2.34. The van der Waals surface area contributed by atoms with Gasteiger partial charge in [0.2, 0.25) is 0 Å². The van der Waals surface area contributed by atoms with E-state index < -0.39 is 0 Å². The molecule has 0 aliphatic heterocycles. The average molecular weight is 352 g/mol. The third-order valence-corrected chi connectivity index (χ3v) is 3.41. The summed E-state index contributed by atoms with van der Waals surface area (Å²) in [6.45, 7) is 0. The van der Waals surface area contributed by atoms with E-state index in [1.807, 2.05) is 30.3 Å². The molecule has 1 N–H and O–H groups in total. The van der Waals surface area contributed by atoms with Gasteiger partial charge in [-0.15, -0.1) is 0 Å². The highest BCUT2D eigenvalue weighted by Gasteiger charge is 2.01. The second-order valence-corrected chi connectivity index (χ2v) is 5.21. The van der Waals surface area contributed by atoms with Crippen molar-refractivity contribution in [1.82, 2.24) is 0 Å². The van der Waals surface area contributed by atoms with Gasteiger partial charge < -0.3 is 5.32 Å². The maximum atomic E-state index is 8.78. The first-order valence-corrected chi connectivity index (χ1v) is 6.50. The van der Waals surface area contributed by atoms with Gasteiger partial charge in [0, 0.05) is 14.6 Å². The van der Waals surface area contributed by atoms with Crippen molar-refractivity contribution in [3.05, 3.63) is 57.0 Å². The second-order valence-electron chi connectivity index (χ2n) is 3.44. The first-order chi connectivity index (χ1) is 8.19. The van der Waals surface area contributed by atoms with Crippen LogP contribution in [0.25, 0.3) is 0 Å². The molecule has 0 radical (unpaired) electrons. The van der Waals surface area contributed by atoms with Gasteiger partial charge in [0.25, 0.3) is 0 Å². The number of anilines is 2. The lowest BCUT2D eigenvalue weighted by Crippen LogP contribution is -1.91. The molecule has 0 fully saturated rings. The van der Waals surface area contributed by atoms with Gasteiger partial charge in [-0.25, -0.2) is 0 Å². The molecule has 0 unspecified atom stereocenters. The predicted octanol–water partition coefficient (Wildman–Crippen LogP) is 4.83. The summed E-state index contributed by atoms with van der Waals surface area (Å²) in [5.74, 6) is 0. The highest BCUT2D eigenvalue weighted by molar-refractivity contribution is 9.10. The van der Waals surface area contributed by atoms with Crippen LogP contribution in [0.2, 0.25) is 0 Å². The third kappa shape index (κ3) is 3.09. The van der Waals surface area contributed by atoms with E-state index in [0.29, 0.717) is 5.56 Å². The highest BCUT2D eigenvalue weighted by atomic mass is 79.9. The van der Waals surface area contributed by atoms with Crippen LogP contribution in [0.15, 0.2) is 51.4 Å². The van der Waals surface area contributed by atoms with E-state index in [4.69, 9.17) is 5.26 Å². The maximum Gasteiger partial charge on any atom is 0.0992 e. The van der Waals surface area contributed by atoms with Crippen molar-refractivity contribution in [3.63, 3.8) is 0 Å². The summed E-state index contributed by atoms with van der Waals surface area (Å²) in [5, 5.41) is 12.1. The first kappa shape index (κ1) is 12.2. The molecular weight excluding hydrogens is 344 g/mol. The molecule has 0 atom stereocenters. The minimum Gasteiger partial charge on any atom is -0.355 e. The summed E-state index contributed by atoms with van der Waals surface area (Å²) in [4.78, 5) is 0. The van der Waals surface area contributed by atoms with Crippen molar-refractivity contribution in [2.45, 2.75) is 0 Å². The molecule has 2 nitrogen and oxygen atoms in total. The van der Waals surface area contributed by atoms with Crippen LogP contribution in [0.5, 0.6) is 0 Å². The molecule has 4 heteroatoms. The number of hydrogen-bond acceptors (Lipinski definition) is 2. The molecule has 0 bridgehead atoms. The lowest BCUT2D eigenvalue weighted by atomic mass is 10.2. The van der Waals surface area contributed by atoms with Gasteiger partial charge in [-0.1, -0.05) is 15.9 Å². The van der Waals surface area contributed by atoms with Crippen LogP contribution in [0.1, 0.15) is 5.56 Å². The van der Waals surface area contributed by atoms with Gasteiger partial charge >= 0.3 is 0 Å². The largest absolute Gasteiger partial charge is 0.355 e. The lowest BCUT2D eigenvalue weighted by molar-refractivity contribution is 1.46. The molecular formula is C13H8Br2N2. The zero-order valence-electron chi connectivity index (χ0n) is 8.74. The molecule has 0 amide bonds. The predicted molar refractivity (Wildman–Crippen MR) is 76.3 cm³/mol. The highest BCUT2D eigenvalue weighted by Crippen LogP contribution is 2.27. The summed E-state index contributed by atoms with van der Waals surface area (Å²) in [7, 11) is 0. The van der Waals surface area contributed by atoms with Gasteiger partial charge in [-0.2, -0.15) is 5.26 Å². The topological polar surface area (TPSA) is 35.8 Å². The fraction of sp³-hybridized carbons (Fsp3) is 0. The summed E-state index contributed by atoms with van der Waals surface area (Å²) < 4.78 is 1.92. The van der Waals surface area contributed by atoms with Crippen molar-refractivity contribution in [2.24, 2.45) is 0 Å². The first-order valence-electron chi connectivity index (χ1n) is 4.91. The minimum atomic E-state index is 0.637. The fourth-order valence-corrected chi connectivity index (χ4v) is 2.12. The summed E-state index contributed by atoms with van der Waals surface area (Å²) >= 11 is 6.83. The van der Waals surface area contributed by atoms with Crippen molar-refractivity contribution >= 4 is 43.2 Å². The van der Waals surface area contributed by atoms with E-state index in [2.05, 4.69) is 43.2 Å². The Labute approximate surface area is 117 Å². The molecule has 84 valence electrons. The monoisotopic (exact) mass is 350 g/mol. The molecule has 0 heterocycles. The van der Waals surface area contributed by atoms with Gasteiger partial charge in [0.1, 0.15) is 0 Å². The van der Waals surface area contributed by atoms with Gasteiger partial charge in [-0.3, -0.25) is 0 Å². The quantitative estimate of drug-likeness (QED) is 0.841. The third-order valence-electron chi connectivity index (χ3n) is 2.22. The van der Waals surface area contributed by atoms with E-state index in [1.54, 1.807) is 12.1 Å². The van der Waals surface area contributed by atoms with Crippen LogP contribution in [-0.4, -0.2) is 0 Å². The minimum absolute atomic E-state index is 0.637. The van der Waals surface area contributed by atoms with Crippen molar-refractivity contribution in [1.29, 1.82) is 5.26 Å². The molecule has 0 spiro atoms. The normalized spacial score (nSPS) is 9.71. The molecule has 0 aliphatic carbocycles. The Morgan fingerprint density at radius 2 is 1.71 bits per heavy atom. The molecule has 0 saturated carbocycles. The summed E-state index contributed by atoms with van der Waals surface area (Å²) in [6, 6.07) is 15.5. The molecule has 0 aromatic heterocycles. The zero-order chi connectivity index (χ0) is 12.3. The van der Waals surface area contributed by atoms with Crippen LogP contribution >= 0.6 is 31.9 Å². The molecule has 2 aromatic rings. The zero-order valence-corrected chi connectivity index (χ0v) is 11.9. The number of nitrogens with one attached hydrogen (secondary N) is 1. The number of nitriles is 1. The number of nitrogens with zero attached hydrogens (tertiary/aromatic N) is 1. The Hall–Kier alpha value is -1.31. The van der Waals surface area contributed by atoms with Crippen LogP contribution in [0, 0.1) is 11.3 Å². The standard InChI is InChI=1S/C13H8Br2N2/c14-10-2-4-11(5-3-10)17-13-6-1-9(8-16)7-12(13)15/h1-7,17H. The fourth-order valence-electron chi connectivity index (χ4n) is 1.37. The van der Waals surface area contributed by atoms with Crippen LogP contribution in [0.3, 0.4) is 0 Å². The Kier molecular flexibility index (Phi) is 3.82. The summed E-state index contributed by atoms with van der Waals surface area (Å²) in [5.41, 5.74) is 2.57. The Morgan fingerprint density at radius 1 is 1.00 bits per heavy atom. The summed E-state index contributed by atoms with van der Waals surface area (Å²) in [6.07, 6.45) is 0.